The number of nitrogens with zero attached hydrogens (tertiary/aromatic N) is 2. The van der Waals surface area contributed by atoms with E-state index in [2.05, 4.69) is 36.1 Å². The summed E-state index contributed by atoms with van der Waals surface area (Å²) in [5.41, 5.74) is 2.63. The normalized spacial score (nSPS) is 21.1. The molecule has 2 aliphatic rings. The molecule has 1 atom stereocenters. The van der Waals surface area contributed by atoms with Crippen LogP contribution in [0.15, 0.2) is 48.5 Å². The fourth-order valence-electron chi connectivity index (χ4n) is 4.28. The van der Waals surface area contributed by atoms with Crippen LogP contribution in [0.3, 0.4) is 0 Å². The van der Waals surface area contributed by atoms with Crippen LogP contribution < -0.4 is 4.74 Å². The zero-order chi connectivity index (χ0) is 20.9. The molecule has 2 saturated heterocycles. The SMILES string of the molecule is Cc1cccc(CN2CCC(N3CC(COc4ccc(F)cc4)OCC3=O)CC2)c1. The van der Waals surface area contributed by atoms with Crippen LogP contribution in [0.5, 0.6) is 5.75 Å². The molecule has 0 radical (unpaired) electrons. The number of amides is 1. The largest absolute Gasteiger partial charge is 0.491 e. The molecule has 1 unspecified atom stereocenters. The van der Waals surface area contributed by atoms with E-state index in [0.29, 0.717) is 18.9 Å². The fraction of sp³-hybridized carbons (Fsp3) is 0.458. The maximum absolute atomic E-state index is 13.0. The Morgan fingerprint density at radius 2 is 1.90 bits per heavy atom. The highest BCUT2D eigenvalue weighted by Crippen LogP contribution is 2.22. The van der Waals surface area contributed by atoms with Crippen LogP contribution in [-0.4, -0.2) is 60.7 Å². The quantitative estimate of drug-likeness (QED) is 0.729. The molecule has 0 saturated carbocycles. The number of rotatable bonds is 6. The van der Waals surface area contributed by atoms with Gasteiger partial charge in [0.1, 0.15) is 30.9 Å². The topological polar surface area (TPSA) is 42.0 Å². The Kier molecular flexibility index (Phi) is 6.65. The molecular weight excluding hydrogens is 383 g/mol. The third-order valence-electron chi connectivity index (χ3n) is 5.90. The molecule has 4 rings (SSSR count). The van der Waals surface area contributed by atoms with Gasteiger partial charge in [0.2, 0.25) is 5.91 Å². The van der Waals surface area contributed by atoms with E-state index in [9.17, 15) is 9.18 Å². The first-order valence-electron chi connectivity index (χ1n) is 10.6. The maximum Gasteiger partial charge on any atom is 0.248 e. The molecule has 2 heterocycles. The van der Waals surface area contributed by atoms with Crippen molar-refractivity contribution in [1.29, 1.82) is 0 Å². The summed E-state index contributed by atoms with van der Waals surface area (Å²) < 4.78 is 24.4. The zero-order valence-electron chi connectivity index (χ0n) is 17.4. The van der Waals surface area contributed by atoms with Crippen molar-refractivity contribution >= 4 is 5.91 Å². The molecule has 1 amide bonds. The average Bonchev–Trinajstić information content (AvgIpc) is 2.75. The molecule has 30 heavy (non-hydrogen) atoms. The summed E-state index contributed by atoms with van der Waals surface area (Å²) in [7, 11) is 0. The standard InChI is InChI=1S/C24H29FN2O3/c1-18-3-2-4-19(13-18)14-26-11-9-21(10-12-26)27-15-23(30-17-24(27)28)16-29-22-7-5-20(25)6-8-22/h2-8,13,21,23H,9-12,14-17H2,1H3. The average molecular weight is 413 g/mol. The van der Waals surface area contributed by atoms with Crippen molar-refractivity contribution in [2.75, 3.05) is 32.8 Å². The van der Waals surface area contributed by atoms with E-state index in [-0.39, 0.29) is 30.5 Å². The summed E-state index contributed by atoms with van der Waals surface area (Å²) in [4.78, 5) is 16.9. The van der Waals surface area contributed by atoms with Gasteiger partial charge >= 0.3 is 0 Å². The predicted octanol–water partition coefficient (Wildman–Crippen LogP) is 3.40. The minimum Gasteiger partial charge on any atom is -0.491 e. The Morgan fingerprint density at radius 1 is 1.13 bits per heavy atom. The van der Waals surface area contributed by atoms with Gasteiger partial charge in [0, 0.05) is 25.7 Å². The molecule has 0 aromatic heterocycles. The van der Waals surface area contributed by atoms with Crippen LogP contribution in [0.1, 0.15) is 24.0 Å². The van der Waals surface area contributed by atoms with Gasteiger partial charge in [0.05, 0.1) is 6.54 Å². The summed E-state index contributed by atoms with van der Waals surface area (Å²) in [6.45, 7) is 6.04. The molecule has 0 N–H and O–H groups in total. The van der Waals surface area contributed by atoms with E-state index < -0.39 is 0 Å². The van der Waals surface area contributed by atoms with Crippen LogP contribution in [0.2, 0.25) is 0 Å². The Labute approximate surface area is 177 Å². The van der Waals surface area contributed by atoms with Gasteiger partial charge in [-0.3, -0.25) is 9.69 Å². The molecule has 5 nitrogen and oxygen atoms in total. The molecular formula is C24H29FN2O3. The van der Waals surface area contributed by atoms with Crippen LogP contribution in [0.4, 0.5) is 4.39 Å². The number of halogens is 1. The third kappa shape index (κ3) is 5.37. The minimum atomic E-state index is -0.290. The molecule has 6 heteroatoms. The summed E-state index contributed by atoms with van der Waals surface area (Å²) in [6, 6.07) is 14.8. The van der Waals surface area contributed by atoms with Gasteiger partial charge in [-0.25, -0.2) is 4.39 Å². The van der Waals surface area contributed by atoms with E-state index >= 15 is 0 Å². The first-order valence-corrected chi connectivity index (χ1v) is 10.6. The number of piperidine rings is 1. The van der Waals surface area contributed by atoms with E-state index in [4.69, 9.17) is 9.47 Å². The highest BCUT2D eigenvalue weighted by molar-refractivity contribution is 5.78. The Balaban J connectivity index is 1.27. The summed E-state index contributed by atoms with van der Waals surface area (Å²) >= 11 is 0. The second-order valence-corrected chi connectivity index (χ2v) is 8.24. The molecule has 2 aromatic carbocycles. The summed E-state index contributed by atoms with van der Waals surface area (Å²) in [6.07, 6.45) is 1.78. The van der Waals surface area contributed by atoms with Crippen LogP contribution >= 0.6 is 0 Å². The summed E-state index contributed by atoms with van der Waals surface area (Å²) in [5.74, 6) is 0.375. The van der Waals surface area contributed by atoms with E-state index in [1.54, 1.807) is 12.1 Å². The summed E-state index contributed by atoms with van der Waals surface area (Å²) in [5, 5.41) is 0. The molecule has 0 spiro atoms. The first-order chi connectivity index (χ1) is 14.6. The van der Waals surface area contributed by atoms with Crippen molar-refractivity contribution in [3.8, 4) is 5.75 Å². The number of hydrogen-bond donors (Lipinski definition) is 0. The molecule has 2 aromatic rings. The van der Waals surface area contributed by atoms with Gasteiger partial charge < -0.3 is 14.4 Å². The lowest BCUT2D eigenvalue weighted by Gasteiger charge is -2.42. The molecule has 0 aliphatic carbocycles. The highest BCUT2D eigenvalue weighted by Gasteiger charge is 2.33. The molecule has 2 aliphatic heterocycles. The predicted molar refractivity (Wildman–Crippen MR) is 113 cm³/mol. The van der Waals surface area contributed by atoms with Crippen LogP contribution in [0, 0.1) is 12.7 Å². The third-order valence-corrected chi connectivity index (χ3v) is 5.90. The van der Waals surface area contributed by atoms with Crippen molar-refractivity contribution < 1.29 is 18.7 Å². The highest BCUT2D eigenvalue weighted by atomic mass is 19.1. The van der Waals surface area contributed by atoms with E-state index in [0.717, 1.165) is 32.5 Å². The number of benzene rings is 2. The van der Waals surface area contributed by atoms with E-state index in [1.165, 1.54) is 23.3 Å². The van der Waals surface area contributed by atoms with Gasteiger partial charge in [0.15, 0.2) is 0 Å². The van der Waals surface area contributed by atoms with Gasteiger partial charge in [-0.1, -0.05) is 29.8 Å². The number of carbonyl (C=O) groups excluding carboxylic acids is 1. The van der Waals surface area contributed by atoms with Crippen molar-refractivity contribution in [2.45, 2.75) is 38.5 Å². The second-order valence-electron chi connectivity index (χ2n) is 8.24. The fourth-order valence-corrected chi connectivity index (χ4v) is 4.28. The van der Waals surface area contributed by atoms with Crippen LogP contribution in [0.25, 0.3) is 0 Å². The van der Waals surface area contributed by atoms with Gasteiger partial charge in [-0.2, -0.15) is 0 Å². The molecule has 2 fully saturated rings. The second kappa shape index (κ2) is 9.58. The maximum atomic E-state index is 13.0. The number of morpholine rings is 1. The van der Waals surface area contributed by atoms with Crippen LogP contribution in [-0.2, 0) is 16.1 Å². The first kappa shape index (κ1) is 20.8. The Hall–Kier alpha value is -2.44. The monoisotopic (exact) mass is 412 g/mol. The number of hydrogen-bond acceptors (Lipinski definition) is 4. The molecule has 160 valence electrons. The lowest BCUT2D eigenvalue weighted by atomic mass is 10.0. The van der Waals surface area contributed by atoms with Crippen molar-refractivity contribution in [3.05, 3.63) is 65.5 Å². The number of likely N-dealkylation sites (tertiary alicyclic amines) is 1. The van der Waals surface area contributed by atoms with Crippen molar-refractivity contribution in [2.24, 2.45) is 0 Å². The van der Waals surface area contributed by atoms with Crippen molar-refractivity contribution in [1.82, 2.24) is 9.80 Å². The number of carbonyl (C=O) groups is 1. The Morgan fingerprint density at radius 3 is 2.63 bits per heavy atom. The lowest BCUT2D eigenvalue weighted by Crippen LogP contribution is -2.55. The van der Waals surface area contributed by atoms with Gasteiger partial charge in [-0.15, -0.1) is 0 Å². The van der Waals surface area contributed by atoms with Crippen molar-refractivity contribution in [3.63, 3.8) is 0 Å². The number of aryl methyl sites for hydroxylation is 1. The number of ether oxygens (including phenoxy) is 2. The van der Waals surface area contributed by atoms with Gasteiger partial charge in [-0.05, 0) is 49.6 Å². The lowest BCUT2D eigenvalue weighted by molar-refractivity contribution is -0.155. The van der Waals surface area contributed by atoms with Gasteiger partial charge in [0.25, 0.3) is 0 Å². The van der Waals surface area contributed by atoms with E-state index in [1.807, 2.05) is 4.90 Å². The zero-order valence-corrected chi connectivity index (χ0v) is 17.4. The Bertz CT molecular complexity index is 850. The minimum absolute atomic E-state index is 0.0603. The smallest absolute Gasteiger partial charge is 0.248 e. The molecule has 0 bridgehead atoms.